The molecule has 0 spiro atoms. The van der Waals surface area contributed by atoms with Gasteiger partial charge in [0.2, 0.25) is 0 Å². The third-order valence-electron chi connectivity index (χ3n) is 2.01. The van der Waals surface area contributed by atoms with E-state index in [1.807, 2.05) is 5.32 Å². The van der Waals surface area contributed by atoms with Gasteiger partial charge >= 0.3 is 18.8 Å². The van der Waals surface area contributed by atoms with E-state index in [1.54, 1.807) is 0 Å². The van der Waals surface area contributed by atoms with Crippen molar-refractivity contribution >= 4 is 6.41 Å². The van der Waals surface area contributed by atoms with E-state index in [4.69, 9.17) is 0 Å². The average Bonchev–Trinajstić information content (AvgIpc) is 2.23. The molecule has 0 saturated carbocycles. The molecule has 0 heterocycles. The Bertz CT molecular complexity index is 405. The fourth-order valence-corrected chi connectivity index (χ4v) is 1.26. The molecule has 18 heavy (non-hydrogen) atoms. The van der Waals surface area contributed by atoms with Gasteiger partial charge in [-0.3, -0.25) is 4.79 Å². The van der Waals surface area contributed by atoms with Gasteiger partial charge in [-0.15, -0.1) is 0 Å². The van der Waals surface area contributed by atoms with Crippen LogP contribution in [-0.2, 0) is 23.7 Å². The Morgan fingerprint density at radius 3 is 1.72 bits per heavy atom. The Kier molecular flexibility index (Phi) is 3.88. The number of rotatable bonds is 3. The molecule has 1 aromatic rings. The Labute approximate surface area is 97.6 Å². The van der Waals surface area contributed by atoms with Crippen molar-refractivity contribution in [2.45, 2.75) is 18.9 Å². The number of halogens is 6. The van der Waals surface area contributed by atoms with Crippen molar-refractivity contribution in [3.63, 3.8) is 0 Å². The van der Waals surface area contributed by atoms with Gasteiger partial charge < -0.3 is 5.32 Å². The molecule has 0 aliphatic rings. The van der Waals surface area contributed by atoms with Crippen LogP contribution in [0, 0.1) is 0 Å². The predicted molar refractivity (Wildman–Crippen MR) is 49.0 cm³/mol. The maximum absolute atomic E-state index is 12.4. The van der Waals surface area contributed by atoms with Crippen LogP contribution in [0.3, 0.4) is 0 Å². The summed E-state index contributed by atoms with van der Waals surface area (Å²) < 4.78 is 74.4. The number of hydrogen-bond donors (Lipinski definition) is 1. The number of alkyl halides is 6. The van der Waals surface area contributed by atoms with E-state index in [9.17, 15) is 31.1 Å². The first-order valence-electron chi connectivity index (χ1n) is 4.53. The SMILES string of the molecule is O=[C]NCc1cc(C(F)(F)F)cc(C(F)(F)F)c1. The van der Waals surface area contributed by atoms with Gasteiger partial charge in [0.15, 0.2) is 0 Å². The molecule has 1 aromatic carbocycles. The first-order chi connectivity index (χ1) is 8.14. The topological polar surface area (TPSA) is 29.1 Å². The second-order valence-electron chi connectivity index (χ2n) is 3.37. The summed E-state index contributed by atoms with van der Waals surface area (Å²) in [6.07, 6.45) is -8.61. The molecule has 0 fully saturated rings. The fourth-order valence-electron chi connectivity index (χ4n) is 1.26. The van der Waals surface area contributed by atoms with Crippen molar-refractivity contribution < 1.29 is 31.1 Å². The lowest BCUT2D eigenvalue weighted by molar-refractivity contribution is -0.143. The molecule has 1 radical (unpaired) electrons. The zero-order valence-electron chi connectivity index (χ0n) is 8.62. The van der Waals surface area contributed by atoms with E-state index in [1.165, 1.54) is 6.41 Å². The lowest BCUT2D eigenvalue weighted by atomic mass is 10.0. The van der Waals surface area contributed by atoms with Crippen LogP contribution >= 0.6 is 0 Å². The molecule has 0 saturated heterocycles. The number of hydrogen-bond acceptors (Lipinski definition) is 1. The summed E-state index contributed by atoms with van der Waals surface area (Å²) in [4.78, 5) is 9.86. The maximum atomic E-state index is 12.4. The van der Waals surface area contributed by atoms with Gasteiger partial charge in [-0.1, -0.05) is 0 Å². The summed E-state index contributed by atoms with van der Waals surface area (Å²) in [6.45, 7) is -0.462. The van der Waals surface area contributed by atoms with Gasteiger partial charge in [-0.05, 0) is 23.8 Å². The molecule has 0 aliphatic carbocycles. The van der Waals surface area contributed by atoms with Crippen LogP contribution in [0.1, 0.15) is 16.7 Å². The van der Waals surface area contributed by atoms with Crippen molar-refractivity contribution in [2.24, 2.45) is 0 Å². The molecular weight excluding hydrogens is 264 g/mol. The van der Waals surface area contributed by atoms with Crippen LogP contribution in [0.5, 0.6) is 0 Å². The Morgan fingerprint density at radius 2 is 1.39 bits per heavy atom. The summed E-state index contributed by atoms with van der Waals surface area (Å²) in [5.74, 6) is 0. The van der Waals surface area contributed by atoms with Gasteiger partial charge in [0, 0.05) is 6.54 Å². The molecular formula is C10H6F6NO. The van der Waals surface area contributed by atoms with E-state index in [0.29, 0.717) is 12.1 Å². The minimum Gasteiger partial charge on any atom is -0.344 e. The predicted octanol–water partition coefficient (Wildman–Crippen LogP) is 2.88. The molecule has 0 aromatic heterocycles. The molecule has 8 heteroatoms. The van der Waals surface area contributed by atoms with Crippen molar-refractivity contribution in [2.75, 3.05) is 0 Å². The second-order valence-corrected chi connectivity index (χ2v) is 3.37. The van der Waals surface area contributed by atoms with Gasteiger partial charge in [0.1, 0.15) is 0 Å². The van der Waals surface area contributed by atoms with Gasteiger partial charge in [-0.25, -0.2) is 0 Å². The van der Waals surface area contributed by atoms with E-state index in [2.05, 4.69) is 0 Å². The van der Waals surface area contributed by atoms with Gasteiger partial charge in [-0.2, -0.15) is 26.3 Å². The van der Waals surface area contributed by atoms with Crippen LogP contribution in [-0.4, -0.2) is 6.41 Å². The van der Waals surface area contributed by atoms with Crippen LogP contribution in [0.25, 0.3) is 0 Å². The van der Waals surface area contributed by atoms with Crippen molar-refractivity contribution in [3.05, 3.63) is 34.9 Å². The average molecular weight is 270 g/mol. The number of benzene rings is 1. The first kappa shape index (κ1) is 14.3. The monoisotopic (exact) mass is 270 g/mol. The normalized spacial score (nSPS) is 12.3. The molecule has 1 rings (SSSR count). The van der Waals surface area contributed by atoms with Gasteiger partial charge in [0.05, 0.1) is 11.1 Å². The third kappa shape index (κ3) is 3.64. The summed E-state index contributed by atoms with van der Waals surface area (Å²) >= 11 is 0. The Hall–Kier alpha value is -1.73. The Morgan fingerprint density at radius 1 is 0.944 bits per heavy atom. The lowest BCUT2D eigenvalue weighted by Gasteiger charge is -2.13. The minimum atomic E-state index is -4.89. The molecule has 0 atom stereocenters. The maximum Gasteiger partial charge on any atom is 0.416 e. The van der Waals surface area contributed by atoms with Crippen molar-refractivity contribution in [1.29, 1.82) is 0 Å². The minimum absolute atomic E-state index is 0.0219. The van der Waals surface area contributed by atoms with E-state index < -0.39 is 30.0 Å². The quantitative estimate of drug-likeness (QED) is 0.664. The summed E-state index contributed by atoms with van der Waals surface area (Å²) in [6, 6.07) is 1.10. The standard InChI is InChI=1S/C10H6F6NO/c11-9(12,13)7-1-6(4-17-5-18)2-8(3-7)10(14,15)16/h1-3H,4H2,(H,17,18). The largest absolute Gasteiger partial charge is 0.416 e. The third-order valence-corrected chi connectivity index (χ3v) is 2.01. The van der Waals surface area contributed by atoms with Crippen LogP contribution in [0.4, 0.5) is 26.3 Å². The smallest absolute Gasteiger partial charge is 0.344 e. The summed E-state index contributed by atoms with van der Waals surface area (Å²) in [7, 11) is 0. The highest BCUT2D eigenvalue weighted by atomic mass is 19.4. The van der Waals surface area contributed by atoms with Crippen molar-refractivity contribution in [1.82, 2.24) is 5.32 Å². The van der Waals surface area contributed by atoms with Crippen LogP contribution in [0.15, 0.2) is 18.2 Å². The van der Waals surface area contributed by atoms with E-state index >= 15 is 0 Å². The number of amides is 1. The fraction of sp³-hybridized carbons (Fsp3) is 0.300. The molecule has 1 amide bonds. The molecule has 0 bridgehead atoms. The van der Waals surface area contributed by atoms with Crippen molar-refractivity contribution in [3.8, 4) is 0 Å². The first-order valence-corrected chi connectivity index (χ1v) is 4.53. The lowest BCUT2D eigenvalue weighted by Crippen LogP contribution is -2.15. The highest BCUT2D eigenvalue weighted by Gasteiger charge is 2.36. The number of carbonyl (C=O) groups excluding carboxylic acids is 1. The van der Waals surface area contributed by atoms with Crippen LogP contribution in [0.2, 0.25) is 0 Å². The zero-order chi connectivity index (χ0) is 14.0. The van der Waals surface area contributed by atoms with Crippen LogP contribution < -0.4 is 5.32 Å². The molecule has 2 nitrogen and oxygen atoms in total. The highest BCUT2D eigenvalue weighted by molar-refractivity contribution is 5.47. The Balaban J connectivity index is 3.24. The molecule has 0 aliphatic heterocycles. The molecule has 0 unspecified atom stereocenters. The molecule has 1 N–H and O–H groups in total. The molecule has 99 valence electrons. The summed E-state index contributed by atoms with van der Waals surface area (Å²) in [5.41, 5.74) is -3.14. The highest BCUT2D eigenvalue weighted by Crippen LogP contribution is 2.36. The van der Waals surface area contributed by atoms with E-state index in [0.717, 1.165) is 0 Å². The second kappa shape index (κ2) is 4.87. The van der Waals surface area contributed by atoms with Gasteiger partial charge in [0.25, 0.3) is 0 Å². The van der Waals surface area contributed by atoms with E-state index in [-0.39, 0.29) is 11.6 Å². The number of nitrogens with one attached hydrogen (secondary N) is 1. The zero-order valence-corrected chi connectivity index (χ0v) is 8.62. The summed E-state index contributed by atoms with van der Waals surface area (Å²) in [5, 5.41) is 1.88.